The summed E-state index contributed by atoms with van der Waals surface area (Å²) in [4.78, 5) is 2.48. The van der Waals surface area contributed by atoms with E-state index in [-0.39, 0.29) is 0 Å². The summed E-state index contributed by atoms with van der Waals surface area (Å²) in [6.07, 6.45) is 1.19. The predicted octanol–water partition coefficient (Wildman–Crippen LogP) is 1.17. The Labute approximate surface area is 90.6 Å². The van der Waals surface area contributed by atoms with E-state index < -0.39 is 0 Å². The number of aryl methyl sites for hydroxylation is 1. The monoisotopic (exact) mass is 209 g/mol. The molecule has 2 rings (SSSR count). The Bertz CT molecular complexity index is 307. The summed E-state index contributed by atoms with van der Waals surface area (Å²) in [5.74, 6) is 0.896. The maximum atomic E-state index is 5.08. The van der Waals surface area contributed by atoms with Gasteiger partial charge in [-0.3, -0.25) is 4.90 Å². The van der Waals surface area contributed by atoms with Crippen LogP contribution in [-0.2, 0) is 6.54 Å². The summed E-state index contributed by atoms with van der Waals surface area (Å²) in [5.41, 5.74) is 1.05. The Morgan fingerprint density at radius 2 is 2.40 bits per heavy atom. The first-order valence-electron chi connectivity index (χ1n) is 5.66. The fraction of sp³-hybridized carbons (Fsp3) is 0.727. The van der Waals surface area contributed by atoms with Crippen molar-refractivity contribution in [2.45, 2.75) is 32.9 Å². The van der Waals surface area contributed by atoms with Crippen molar-refractivity contribution in [3.8, 4) is 0 Å². The average Bonchev–Trinajstić information content (AvgIpc) is 2.48. The van der Waals surface area contributed by atoms with Crippen molar-refractivity contribution in [2.24, 2.45) is 0 Å². The van der Waals surface area contributed by atoms with E-state index in [0.29, 0.717) is 6.04 Å². The Hall–Kier alpha value is -0.870. The lowest BCUT2D eigenvalue weighted by Crippen LogP contribution is -2.57. The van der Waals surface area contributed by atoms with Gasteiger partial charge in [-0.25, -0.2) is 0 Å². The van der Waals surface area contributed by atoms with Crippen LogP contribution in [0, 0.1) is 6.92 Å². The summed E-state index contributed by atoms with van der Waals surface area (Å²) in [6, 6.07) is 2.70. The van der Waals surface area contributed by atoms with Crippen molar-refractivity contribution in [1.82, 2.24) is 15.4 Å². The zero-order valence-corrected chi connectivity index (χ0v) is 9.49. The molecule has 1 aromatic rings. The van der Waals surface area contributed by atoms with Gasteiger partial charge in [0.1, 0.15) is 5.76 Å². The van der Waals surface area contributed by atoms with Crippen LogP contribution in [0.5, 0.6) is 0 Å². The summed E-state index contributed by atoms with van der Waals surface area (Å²) < 4.78 is 5.08. The molecule has 2 heterocycles. The molecule has 0 radical (unpaired) electrons. The molecule has 0 amide bonds. The minimum Gasteiger partial charge on any atom is -0.361 e. The topological polar surface area (TPSA) is 41.3 Å². The zero-order valence-electron chi connectivity index (χ0n) is 9.49. The van der Waals surface area contributed by atoms with Gasteiger partial charge < -0.3 is 9.84 Å². The normalized spacial score (nSPS) is 17.0. The second kappa shape index (κ2) is 4.77. The fourth-order valence-electron chi connectivity index (χ4n) is 1.91. The molecule has 0 atom stereocenters. The van der Waals surface area contributed by atoms with Gasteiger partial charge in [0.15, 0.2) is 0 Å². The number of nitrogens with zero attached hydrogens (tertiary/aromatic N) is 2. The highest BCUT2D eigenvalue weighted by atomic mass is 16.5. The van der Waals surface area contributed by atoms with Crippen LogP contribution in [-0.4, -0.2) is 35.7 Å². The van der Waals surface area contributed by atoms with E-state index in [0.717, 1.165) is 37.6 Å². The Morgan fingerprint density at radius 3 is 2.87 bits per heavy atom. The molecule has 0 unspecified atom stereocenters. The Kier molecular flexibility index (Phi) is 3.38. The summed E-state index contributed by atoms with van der Waals surface area (Å²) in [7, 11) is 0. The molecule has 4 nitrogen and oxygen atoms in total. The molecule has 0 spiro atoms. The molecule has 1 N–H and O–H groups in total. The lowest BCUT2D eigenvalue weighted by molar-refractivity contribution is 0.134. The second-order valence-corrected chi connectivity index (χ2v) is 4.21. The third kappa shape index (κ3) is 2.58. The van der Waals surface area contributed by atoms with Crippen LogP contribution in [0.25, 0.3) is 0 Å². The predicted molar refractivity (Wildman–Crippen MR) is 58.6 cm³/mol. The molecule has 0 aromatic carbocycles. The molecule has 0 aliphatic carbocycles. The highest BCUT2D eigenvalue weighted by molar-refractivity contribution is 5.04. The first-order valence-corrected chi connectivity index (χ1v) is 5.66. The summed E-state index contributed by atoms with van der Waals surface area (Å²) in [6.45, 7) is 8.42. The minimum atomic E-state index is 0.682. The van der Waals surface area contributed by atoms with Crippen molar-refractivity contribution >= 4 is 0 Å². The van der Waals surface area contributed by atoms with Gasteiger partial charge >= 0.3 is 0 Å². The van der Waals surface area contributed by atoms with Crippen molar-refractivity contribution in [2.75, 3.05) is 19.6 Å². The number of hydrogen-bond donors (Lipinski definition) is 1. The largest absolute Gasteiger partial charge is 0.361 e. The molecule has 4 heteroatoms. The molecule has 1 aliphatic heterocycles. The fourth-order valence-corrected chi connectivity index (χ4v) is 1.91. The van der Waals surface area contributed by atoms with Crippen molar-refractivity contribution in [3.05, 3.63) is 17.5 Å². The smallest absolute Gasteiger partial charge is 0.133 e. The molecule has 1 aliphatic rings. The molecule has 1 aromatic heterocycles. The van der Waals surface area contributed by atoms with E-state index in [9.17, 15) is 0 Å². The van der Waals surface area contributed by atoms with Gasteiger partial charge in [0.25, 0.3) is 0 Å². The van der Waals surface area contributed by atoms with E-state index >= 15 is 0 Å². The van der Waals surface area contributed by atoms with Gasteiger partial charge in [0.2, 0.25) is 0 Å². The molecule has 0 saturated carbocycles. The van der Waals surface area contributed by atoms with Crippen molar-refractivity contribution < 1.29 is 4.52 Å². The third-order valence-corrected chi connectivity index (χ3v) is 2.83. The summed E-state index contributed by atoms with van der Waals surface area (Å²) >= 11 is 0. The van der Waals surface area contributed by atoms with E-state index in [1.807, 2.05) is 13.0 Å². The lowest BCUT2D eigenvalue weighted by atomic mass is 10.1. The number of hydrogen-bond acceptors (Lipinski definition) is 4. The van der Waals surface area contributed by atoms with Gasteiger partial charge in [-0.05, 0) is 19.9 Å². The van der Waals surface area contributed by atoms with E-state index in [1.165, 1.54) is 6.42 Å². The quantitative estimate of drug-likeness (QED) is 0.790. The summed E-state index contributed by atoms with van der Waals surface area (Å²) in [5, 5.41) is 7.35. The number of rotatable bonds is 5. The highest BCUT2D eigenvalue weighted by Crippen LogP contribution is 2.12. The minimum absolute atomic E-state index is 0.682. The third-order valence-electron chi connectivity index (χ3n) is 2.83. The van der Waals surface area contributed by atoms with Crippen LogP contribution < -0.4 is 5.32 Å². The maximum absolute atomic E-state index is 5.08. The van der Waals surface area contributed by atoms with E-state index in [2.05, 4.69) is 22.3 Å². The highest BCUT2D eigenvalue weighted by Gasteiger charge is 2.24. The first kappa shape index (κ1) is 10.6. The van der Waals surface area contributed by atoms with Gasteiger partial charge in [0, 0.05) is 31.7 Å². The SMILES string of the molecule is CCCN(Cc1cc(C)on1)C1CNC1. The van der Waals surface area contributed by atoms with Crippen LogP contribution >= 0.6 is 0 Å². The van der Waals surface area contributed by atoms with Crippen LogP contribution in [0.4, 0.5) is 0 Å². The van der Waals surface area contributed by atoms with Crippen LogP contribution in [0.3, 0.4) is 0 Å². The van der Waals surface area contributed by atoms with Crippen molar-refractivity contribution in [1.29, 1.82) is 0 Å². The molecule has 84 valence electrons. The zero-order chi connectivity index (χ0) is 10.7. The molecular weight excluding hydrogens is 190 g/mol. The molecule has 15 heavy (non-hydrogen) atoms. The molecule has 0 bridgehead atoms. The van der Waals surface area contributed by atoms with Gasteiger partial charge in [0.05, 0.1) is 5.69 Å². The van der Waals surface area contributed by atoms with Gasteiger partial charge in [-0.2, -0.15) is 0 Å². The Morgan fingerprint density at radius 1 is 1.60 bits per heavy atom. The standard InChI is InChI=1S/C11H19N3O/c1-3-4-14(11-6-12-7-11)8-10-5-9(2)15-13-10/h5,11-12H,3-4,6-8H2,1-2H3. The second-order valence-electron chi connectivity index (χ2n) is 4.21. The molecule has 1 fully saturated rings. The van der Waals surface area contributed by atoms with Gasteiger partial charge in [-0.15, -0.1) is 0 Å². The Balaban J connectivity index is 1.93. The lowest BCUT2D eigenvalue weighted by Gasteiger charge is -2.37. The first-order chi connectivity index (χ1) is 7.29. The van der Waals surface area contributed by atoms with Crippen LogP contribution in [0.1, 0.15) is 24.8 Å². The van der Waals surface area contributed by atoms with E-state index in [1.54, 1.807) is 0 Å². The van der Waals surface area contributed by atoms with E-state index in [4.69, 9.17) is 4.52 Å². The molecular formula is C11H19N3O. The van der Waals surface area contributed by atoms with Crippen LogP contribution in [0.15, 0.2) is 10.6 Å². The maximum Gasteiger partial charge on any atom is 0.133 e. The average molecular weight is 209 g/mol. The van der Waals surface area contributed by atoms with Gasteiger partial charge in [-0.1, -0.05) is 12.1 Å². The number of aromatic nitrogens is 1. The van der Waals surface area contributed by atoms with Crippen molar-refractivity contribution in [3.63, 3.8) is 0 Å². The van der Waals surface area contributed by atoms with Crippen LogP contribution in [0.2, 0.25) is 0 Å². The molecule has 1 saturated heterocycles. The number of nitrogens with one attached hydrogen (secondary N) is 1.